The van der Waals surface area contributed by atoms with Crippen molar-refractivity contribution in [2.75, 3.05) is 4.72 Å². The molecule has 10 heteroatoms. The van der Waals surface area contributed by atoms with Crippen LogP contribution in [0, 0.1) is 13.8 Å². The first-order valence-corrected chi connectivity index (χ1v) is 7.57. The second kappa shape index (κ2) is 4.94. The van der Waals surface area contributed by atoms with Crippen LogP contribution >= 0.6 is 15.9 Å². The van der Waals surface area contributed by atoms with Crippen molar-refractivity contribution in [3.63, 3.8) is 0 Å². The van der Waals surface area contributed by atoms with Crippen molar-refractivity contribution in [1.82, 2.24) is 10.2 Å². The molecule has 0 spiro atoms. The molecule has 0 radical (unpaired) electrons. The number of nitrogens with zero attached hydrogens (tertiary/aromatic N) is 1. The summed E-state index contributed by atoms with van der Waals surface area (Å²) >= 11 is 2.88. The lowest BCUT2D eigenvalue weighted by Crippen LogP contribution is -2.13. The Morgan fingerprint density at radius 2 is 2.15 bits per heavy atom. The SMILES string of the molecule is Cc1[nH]nc(NS(=O)(=O)c2cc(C(=O)O)oc2Br)c1C. The molecule has 2 aromatic heterocycles. The lowest BCUT2D eigenvalue weighted by Gasteiger charge is -2.04. The molecule has 0 unspecified atom stereocenters. The maximum absolute atomic E-state index is 12.2. The van der Waals surface area contributed by atoms with Crippen molar-refractivity contribution in [1.29, 1.82) is 0 Å². The van der Waals surface area contributed by atoms with E-state index in [0.717, 1.165) is 11.8 Å². The maximum Gasteiger partial charge on any atom is 0.371 e. The molecular weight excluding hydrogens is 354 g/mol. The molecule has 0 aromatic carbocycles. The number of carboxylic acids is 1. The van der Waals surface area contributed by atoms with E-state index in [1.165, 1.54) is 0 Å². The first-order valence-electron chi connectivity index (χ1n) is 5.29. The molecule has 8 nitrogen and oxygen atoms in total. The lowest BCUT2D eigenvalue weighted by atomic mass is 10.3. The van der Waals surface area contributed by atoms with Gasteiger partial charge < -0.3 is 9.52 Å². The highest BCUT2D eigenvalue weighted by atomic mass is 79.9. The Kier molecular flexibility index (Phi) is 3.61. The number of carbonyl (C=O) groups is 1. The van der Waals surface area contributed by atoms with Crippen LogP contribution in [0.5, 0.6) is 0 Å². The molecule has 0 atom stereocenters. The van der Waals surface area contributed by atoms with E-state index in [2.05, 4.69) is 30.8 Å². The van der Waals surface area contributed by atoms with Gasteiger partial charge in [-0.15, -0.1) is 0 Å². The molecule has 3 N–H and O–H groups in total. The van der Waals surface area contributed by atoms with E-state index in [0.29, 0.717) is 5.56 Å². The van der Waals surface area contributed by atoms with Crippen LogP contribution in [0.2, 0.25) is 0 Å². The Hall–Kier alpha value is -1.81. The highest BCUT2D eigenvalue weighted by molar-refractivity contribution is 9.10. The molecule has 0 aliphatic rings. The third-order valence-corrected chi connectivity index (χ3v) is 4.84. The van der Waals surface area contributed by atoms with Crippen molar-refractivity contribution in [2.45, 2.75) is 18.7 Å². The van der Waals surface area contributed by atoms with Crippen molar-refractivity contribution in [3.05, 3.63) is 27.8 Å². The summed E-state index contributed by atoms with van der Waals surface area (Å²) in [6, 6.07) is 0.920. The summed E-state index contributed by atoms with van der Waals surface area (Å²) in [5, 5.41) is 15.2. The first-order chi connectivity index (χ1) is 9.22. The lowest BCUT2D eigenvalue weighted by molar-refractivity contribution is 0.0661. The first kappa shape index (κ1) is 14.6. The van der Waals surface area contributed by atoms with Crippen LogP contribution < -0.4 is 4.72 Å². The Balaban J connectivity index is 2.41. The number of aryl methyl sites for hydroxylation is 1. The molecule has 108 valence electrons. The number of sulfonamides is 1. The Morgan fingerprint density at radius 1 is 1.50 bits per heavy atom. The van der Waals surface area contributed by atoms with Gasteiger partial charge in [0.25, 0.3) is 10.0 Å². The average molecular weight is 364 g/mol. The standard InChI is InChI=1S/C10H10BrN3O5S/c1-4-5(2)12-13-9(4)14-20(17,18)7-3-6(10(15)16)19-8(7)11/h3H,1-2H3,(H,15,16)(H2,12,13,14). The minimum Gasteiger partial charge on any atom is -0.475 e. The molecule has 0 saturated heterocycles. The number of carboxylic acid groups (broad SMARTS) is 1. The van der Waals surface area contributed by atoms with E-state index in [1.54, 1.807) is 13.8 Å². The van der Waals surface area contributed by atoms with Gasteiger partial charge in [-0.25, -0.2) is 13.2 Å². The molecule has 0 saturated carbocycles. The summed E-state index contributed by atoms with van der Waals surface area (Å²) in [6.45, 7) is 3.44. The monoisotopic (exact) mass is 363 g/mol. The normalized spacial score (nSPS) is 11.6. The molecule has 0 fully saturated rings. The third-order valence-electron chi connectivity index (χ3n) is 2.64. The number of furan rings is 1. The Morgan fingerprint density at radius 3 is 2.60 bits per heavy atom. The molecule has 0 amide bonds. The van der Waals surface area contributed by atoms with Gasteiger partial charge >= 0.3 is 5.97 Å². The zero-order valence-corrected chi connectivity index (χ0v) is 12.8. The molecule has 0 bridgehead atoms. The number of nitrogens with one attached hydrogen (secondary N) is 2. The van der Waals surface area contributed by atoms with E-state index >= 15 is 0 Å². The zero-order valence-electron chi connectivity index (χ0n) is 10.4. The van der Waals surface area contributed by atoms with E-state index in [4.69, 9.17) is 9.52 Å². The van der Waals surface area contributed by atoms with Gasteiger partial charge in [-0.1, -0.05) is 0 Å². The maximum atomic E-state index is 12.2. The van der Waals surface area contributed by atoms with Gasteiger partial charge in [0.2, 0.25) is 5.76 Å². The fourth-order valence-corrected chi connectivity index (χ4v) is 3.41. The minimum absolute atomic E-state index is 0.146. The van der Waals surface area contributed by atoms with Crippen LogP contribution in [0.1, 0.15) is 21.8 Å². The highest BCUT2D eigenvalue weighted by Crippen LogP contribution is 2.28. The smallest absolute Gasteiger partial charge is 0.371 e. The van der Waals surface area contributed by atoms with E-state index in [9.17, 15) is 13.2 Å². The van der Waals surface area contributed by atoms with E-state index < -0.39 is 21.8 Å². The van der Waals surface area contributed by atoms with Gasteiger partial charge in [0.1, 0.15) is 4.90 Å². The summed E-state index contributed by atoms with van der Waals surface area (Å²) in [5.41, 5.74) is 1.37. The number of anilines is 1. The van der Waals surface area contributed by atoms with Crippen LogP contribution in [0.4, 0.5) is 5.82 Å². The quantitative estimate of drug-likeness (QED) is 0.761. The number of halogens is 1. The summed E-state index contributed by atoms with van der Waals surface area (Å²) in [4.78, 5) is 10.5. The molecule has 2 aromatic rings. The second-order valence-electron chi connectivity index (χ2n) is 3.98. The number of aromatic amines is 1. The highest BCUT2D eigenvalue weighted by Gasteiger charge is 2.26. The summed E-state index contributed by atoms with van der Waals surface area (Å²) in [7, 11) is -4.00. The summed E-state index contributed by atoms with van der Waals surface area (Å²) in [6.07, 6.45) is 0. The van der Waals surface area contributed by atoms with Crippen molar-refractivity contribution >= 4 is 37.7 Å². The van der Waals surface area contributed by atoms with E-state index in [1.807, 2.05) is 0 Å². The molecule has 0 aliphatic heterocycles. The van der Waals surface area contributed by atoms with Gasteiger partial charge in [-0.3, -0.25) is 9.82 Å². The zero-order chi connectivity index (χ0) is 15.1. The second-order valence-corrected chi connectivity index (χ2v) is 6.35. The average Bonchev–Trinajstić information content (AvgIpc) is 2.87. The van der Waals surface area contributed by atoms with Gasteiger partial charge in [-0.05, 0) is 29.8 Å². The van der Waals surface area contributed by atoms with Gasteiger partial charge in [0.15, 0.2) is 10.5 Å². The number of hydrogen-bond acceptors (Lipinski definition) is 5. The molecule has 0 aliphatic carbocycles. The summed E-state index contributed by atoms with van der Waals surface area (Å²) < 4.78 is 31.2. The van der Waals surface area contributed by atoms with E-state index in [-0.39, 0.29) is 15.4 Å². The number of aromatic carboxylic acids is 1. The van der Waals surface area contributed by atoms with Crippen LogP contribution in [-0.4, -0.2) is 29.7 Å². The Labute approximate surface area is 122 Å². The number of rotatable bonds is 4. The third kappa shape index (κ3) is 2.56. The number of aromatic nitrogens is 2. The van der Waals surface area contributed by atoms with Gasteiger partial charge in [-0.2, -0.15) is 5.10 Å². The number of H-pyrrole nitrogens is 1. The van der Waals surface area contributed by atoms with Crippen LogP contribution in [0.3, 0.4) is 0 Å². The van der Waals surface area contributed by atoms with Gasteiger partial charge in [0.05, 0.1) is 0 Å². The largest absolute Gasteiger partial charge is 0.475 e. The van der Waals surface area contributed by atoms with Crippen molar-refractivity contribution < 1.29 is 22.7 Å². The van der Waals surface area contributed by atoms with Gasteiger partial charge in [0, 0.05) is 17.3 Å². The topological polar surface area (TPSA) is 125 Å². The summed E-state index contributed by atoms with van der Waals surface area (Å²) in [5.74, 6) is -1.70. The fourth-order valence-electron chi connectivity index (χ4n) is 1.41. The van der Waals surface area contributed by atoms with Crippen molar-refractivity contribution in [3.8, 4) is 0 Å². The van der Waals surface area contributed by atoms with Crippen LogP contribution in [0.15, 0.2) is 20.0 Å². The van der Waals surface area contributed by atoms with Crippen LogP contribution in [-0.2, 0) is 10.0 Å². The predicted molar refractivity (Wildman–Crippen MR) is 72.2 cm³/mol. The molecular formula is C10H10BrN3O5S. The molecule has 2 rings (SSSR count). The Bertz CT molecular complexity index is 777. The predicted octanol–water partition coefficient (Wildman–Crippen LogP) is 1.88. The fraction of sp³-hybridized carbons (Fsp3) is 0.200. The minimum atomic E-state index is -4.00. The molecule has 20 heavy (non-hydrogen) atoms. The van der Waals surface area contributed by atoms with Crippen LogP contribution in [0.25, 0.3) is 0 Å². The molecule has 2 heterocycles. The number of hydrogen-bond donors (Lipinski definition) is 3. The van der Waals surface area contributed by atoms with Crippen molar-refractivity contribution in [2.24, 2.45) is 0 Å².